The third-order valence-electron chi connectivity index (χ3n) is 1.77. The third kappa shape index (κ3) is 1.83. The second kappa shape index (κ2) is 3.74. The number of imidazole rings is 1. The fraction of sp³-hybridized carbons (Fsp3) is 0. The summed E-state index contributed by atoms with van der Waals surface area (Å²) in [5.74, 6) is 0. The molecular formula is C9H6Br2N2O. The van der Waals surface area contributed by atoms with E-state index in [1.165, 1.54) is 4.57 Å². The van der Waals surface area contributed by atoms with E-state index >= 15 is 0 Å². The first-order valence-electron chi connectivity index (χ1n) is 3.90. The number of aromatic nitrogens is 2. The molecule has 1 heterocycles. The minimum Gasteiger partial charge on any atom is -0.300 e. The van der Waals surface area contributed by atoms with Gasteiger partial charge in [-0.3, -0.25) is 9.55 Å². The molecule has 72 valence electrons. The van der Waals surface area contributed by atoms with Crippen LogP contribution < -0.4 is 5.69 Å². The Morgan fingerprint density at radius 1 is 1.29 bits per heavy atom. The molecule has 0 saturated heterocycles. The maximum atomic E-state index is 11.4. The van der Waals surface area contributed by atoms with Crippen LogP contribution in [-0.4, -0.2) is 9.55 Å². The highest BCUT2D eigenvalue weighted by Crippen LogP contribution is 2.15. The van der Waals surface area contributed by atoms with Gasteiger partial charge in [0.25, 0.3) is 0 Å². The summed E-state index contributed by atoms with van der Waals surface area (Å²) in [6, 6.07) is 7.54. The van der Waals surface area contributed by atoms with Gasteiger partial charge in [-0.05, 0) is 34.1 Å². The van der Waals surface area contributed by atoms with Crippen molar-refractivity contribution in [1.82, 2.24) is 9.55 Å². The second-order valence-corrected chi connectivity index (χ2v) is 4.53. The largest absolute Gasteiger partial charge is 0.330 e. The monoisotopic (exact) mass is 316 g/mol. The molecule has 0 spiro atoms. The first kappa shape index (κ1) is 9.73. The lowest BCUT2D eigenvalue weighted by atomic mass is 10.3. The highest BCUT2D eigenvalue weighted by Gasteiger charge is 2.02. The van der Waals surface area contributed by atoms with Crippen molar-refractivity contribution in [3.05, 3.63) is 50.0 Å². The molecule has 14 heavy (non-hydrogen) atoms. The van der Waals surface area contributed by atoms with Crippen molar-refractivity contribution in [3.8, 4) is 5.69 Å². The van der Waals surface area contributed by atoms with Crippen LogP contribution in [-0.2, 0) is 0 Å². The summed E-state index contributed by atoms with van der Waals surface area (Å²) in [5, 5.41) is 0. The maximum absolute atomic E-state index is 11.4. The van der Waals surface area contributed by atoms with Crippen LogP contribution in [0.25, 0.3) is 5.69 Å². The summed E-state index contributed by atoms with van der Waals surface area (Å²) in [6.07, 6.45) is 1.70. The Balaban J connectivity index is 2.60. The lowest BCUT2D eigenvalue weighted by Gasteiger charge is -2.00. The minimum absolute atomic E-state index is 0.157. The Morgan fingerprint density at radius 3 is 2.64 bits per heavy atom. The lowest BCUT2D eigenvalue weighted by molar-refractivity contribution is 0.986. The number of hydrogen-bond acceptors (Lipinski definition) is 1. The van der Waals surface area contributed by atoms with E-state index in [9.17, 15) is 4.79 Å². The molecule has 0 radical (unpaired) electrons. The molecular weight excluding hydrogens is 312 g/mol. The van der Waals surface area contributed by atoms with Crippen molar-refractivity contribution in [2.24, 2.45) is 0 Å². The van der Waals surface area contributed by atoms with Gasteiger partial charge in [-0.2, -0.15) is 0 Å². The topological polar surface area (TPSA) is 37.8 Å². The minimum atomic E-state index is -0.157. The zero-order chi connectivity index (χ0) is 10.1. The molecule has 0 fully saturated rings. The van der Waals surface area contributed by atoms with Gasteiger partial charge < -0.3 is 0 Å². The molecule has 0 aliphatic heterocycles. The Hall–Kier alpha value is -0.810. The van der Waals surface area contributed by atoms with Gasteiger partial charge in [-0.15, -0.1) is 0 Å². The summed E-state index contributed by atoms with van der Waals surface area (Å²) >= 11 is 6.56. The van der Waals surface area contributed by atoms with Gasteiger partial charge in [0.15, 0.2) is 0 Å². The van der Waals surface area contributed by atoms with Crippen LogP contribution in [0.3, 0.4) is 0 Å². The number of H-pyrrole nitrogens is 1. The predicted octanol–water partition coefficient (Wildman–Crippen LogP) is 2.69. The van der Waals surface area contributed by atoms with Crippen LogP contribution >= 0.6 is 31.9 Å². The average Bonchev–Trinajstić information content (AvgIpc) is 2.45. The van der Waals surface area contributed by atoms with Crippen LogP contribution in [0.2, 0.25) is 0 Å². The van der Waals surface area contributed by atoms with Crippen molar-refractivity contribution in [3.63, 3.8) is 0 Å². The SMILES string of the molecule is O=c1[nH]c(Br)cn1-c1cccc(Br)c1. The highest BCUT2D eigenvalue weighted by molar-refractivity contribution is 9.10. The van der Waals surface area contributed by atoms with Gasteiger partial charge in [-0.25, -0.2) is 4.79 Å². The average molecular weight is 318 g/mol. The molecule has 0 aliphatic rings. The first-order chi connectivity index (χ1) is 6.66. The van der Waals surface area contributed by atoms with Crippen LogP contribution in [0.4, 0.5) is 0 Å². The molecule has 1 aromatic heterocycles. The summed E-state index contributed by atoms with van der Waals surface area (Å²) in [4.78, 5) is 14.0. The zero-order valence-corrected chi connectivity index (χ0v) is 10.2. The van der Waals surface area contributed by atoms with Gasteiger partial charge >= 0.3 is 5.69 Å². The Bertz CT molecular complexity index is 516. The molecule has 0 amide bonds. The number of nitrogens with one attached hydrogen (secondary N) is 1. The van der Waals surface area contributed by atoms with Crippen molar-refractivity contribution in [1.29, 1.82) is 0 Å². The van der Waals surface area contributed by atoms with E-state index in [2.05, 4.69) is 36.8 Å². The van der Waals surface area contributed by atoms with Gasteiger partial charge in [0.05, 0.1) is 5.69 Å². The molecule has 2 aromatic rings. The molecule has 5 heteroatoms. The molecule has 0 atom stereocenters. The molecule has 0 aliphatic carbocycles. The standard InChI is InChI=1S/C9H6Br2N2O/c10-6-2-1-3-7(4-6)13-5-8(11)12-9(13)14/h1-5H,(H,12,14). The van der Waals surface area contributed by atoms with Crippen LogP contribution in [0.15, 0.2) is 44.3 Å². The van der Waals surface area contributed by atoms with E-state index in [0.717, 1.165) is 10.2 Å². The maximum Gasteiger partial charge on any atom is 0.330 e. The molecule has 2 rings (SSSR count). The number of nitrogens with zero attached hydrogens (tertiary/aromatic N) is 1. The summed E-state index contributed by atoms with van der Waals surface area (Å²) in [5.41, 5.74) is 0.668. The van der Waals surface area contributed by atoms with Gasteiger partial charge in [0.1, 0.15) is 4.60 Å². The highest BCUT2D eigenvalue weighted by atomic mass is 79.9. The van der Waals surface area contributed by atoms with E-state index < -0.39 is 0 Å². The Morgan fingerprint density at radius 2 is 2.07 bits per heavy atom. The summed E-state index contributed by atoms with van der Waals surface area (Å²) < 4.78 is 3.15. The number of hydrogen-bond donors (Lipinski definition) is 1. The van der Waals surface area contributed by atoms with E-state index in [1.807, 2.05) is 24.3 Å². The van der Waals surface area contributed by atoms with Gasteiger partial charge in [0.2, 0.25) is 0 Å². The predicted molar refractivity (Wildman–Crippen MR) is 61.8 cm³/mol. The second-order valence-electron chi connectivity index (χ2n) is 2.76. The molecule has 0 bridgehead atoms. The first-order valence-corrected chi connectivity index (χ1v) is 5.48. The number of halogens is 2. The summed E-state index contributed by atoms with van der Waals surface area (Å²) in [7, 11) is 0. The van der Waals surface area contributed by atoms with Crippen molar-refractivity contribution in [2.45, 2.75) is 0 Å². The van der Waals surface area contributed by atoms with E-state index in [4.69, 9.17) is 0 Å². The van der Waals surface area contributed by atoms with Crippen molar-refractivity contribution in [2.75, 3.05) is 0 Å². The van der Waals surface area contributed by atoms with E-state index in [1.54, 1.807) is 6.20 Å². The number of aromatic amines is 1. The normalized spacial score (nSPS) is 10.4. The smallest absolute Gasteiger partial charge is 0.300 e. The lowest BCUT2D eigenvalue weighted by Crippen LogP contribution is -2.13. The Kier molecular flexibility index (Phi) is 2.60. The van der Waals surface area contributed by atoms with Crippen LogP contribution in [0.1, 0.15) is 0 Å². The molecule has 0 unspecified atom stereocenters. The molecule has 3 nitrogen and oxygen atoms in total. The van der Waals surface area contributed by atoms with Crippen molar-refractivity contribution < 1.29 is 0 Å². The number of rotatable bonds is 1. The van der Waals surface area contributed by atoms with E-state index in [-0.39, 0.29) is 5.69 Å². The fourth-order valence-corrected chi connectivity index (χ4v) is 1.95. The van der Waals surface area contributed by atoms with Gasteiger partial charge in [-0.1, -0.05) is 22.0 Å². The zero-order valence-electron chi connectivity index (χ0n) is 7.00. The quantitative estimate of drug-likeness (QED) is 0.862. The summed E-state index contributed by atoms with van der Waals surface area (Å²) in [6.45, 7) is 0. The molecule has 1 N–H and O–H groups in total. The third-order valence-corrected chi connectivity index (χ3v) is 2.67. The van der Waals surface area contributed by atoms with Crippen LogP contribution in [0, 0.1) is 0 Å². The van der Waals surface area contributed by atoms with Gasteiger partial charge in [0, 0.05) is 10.7 Å². The van der Waals surface area contributed by atoms with Crippen LogP contribution in [0.5, 0.6) is 0 Å². The Labute approximate surface area is 97.0 Å². The molecule has 0 saturated carbocycles. The van der Waals surface area contributed by atoms with E-state index in [0.29, 0.717) is 4.60 Å². The van der Waals surface area contributed by atoms with Crippen molar-refractivity contribution >= 4 is 31.9 Å². The fourth-order valence-electron chi connectivity index (χ4n) is 1.18. The molecule has 1 aromatic carbocycles. The number of benzene rings is 1.